The number of likely N-dealkylation sites (tertiary alicyclic amines) is 1. The van der Waals surface area contributed by atoms with E-state index >= 15 is 0 Å². The fraction of sp³-hybridized carbons (Fsp3) is 0.333. The zero-order valence-electron chi connectivity index (χ0n) is 15.2. The summed E-state index contributed by atoms with van der Waals surface area (Å²) in [4.78, 5) is 30.1. The molecular formula is C21H22FN3O2. The Morgan fingerprint density at radius 1 is 1.19 bits per heavy atom. The van der Waals surface area contributed by atoms with Gasteiger partial charge >= 0.3 is 0 Å². The van der Waals surface area contributed by atoms with Gasteiger partial charge in [-0.3, -0.25) is 9.59 Å². The van der Waals surface area contributed by atoms with Gasteiger partial charge in [0.25, 0.3) is 5.91 Å². The molecule has 6 heteroatoms. The van der Waals surface area contributed by atoms with Gasteiger partial charge in [-0.2, -0.15) is 0 Å². The number of nitrogens with zero attached hydrogens (tertiary/aromatic N) is 2. The van der Waals surface area contributed by atoms with E-state index in [1.54, 1.807) is 0 Å². The molecule has 0 saturated carbocycles. The first kappa shape index (κ1) is 17.5. The highest BCUT2D eigenvalue weighted by Crippen LogP contribution is 2.32. The molecule has 1 N–H and O–H groups in total. The minimum atomic E-state index is -0.432. The number of carbonyl (C=O) groups excluding carboxylic acids is 1. The summed E-state index contributed by atoms with van der Waals surface area (Å²) in [5.41, 5.74) is 1.44. The Kier molecular flexibility index (Phi) is 4.56. The molecule has 2 aromatic heterocycles. The number of benzene rings is 1. The zero-order chi connectivity index (χ0) is 19.0. The van der Waals surface area contributed by atoms with Gasteiger partial charge in [-0.25, -0.2) is 4.39 Å². The van der Waals surface area contributed by atoms with E-state index in [4.69, 9.17) is 0 Å². The number of nitrogens with one attached hydrogen (secondary N) is 1. The van der Waals surface area contributed by atoms with Crippen molar-refractivity contribution >= 4 is 16.8 Å². The van der Waals surface area contributed by atoms with Crippen LogP contribution in [-0.2, 0) is 7.05 Å². The summed E-state index contributed by atoms with van der Waals surface area (Å²) in [5.74, 6) is -0.650. The van der Waals surface area contributed by atoms with E-state index in [0.717, 1.165) is 31.4 Å². The van der Waals surface area contributed by atoms with Crippen LogP contribution in [0, 0.1) is 5.82 Å². The second-order valence-electron chi connectivity index (χ2n) is 7.14. The largest absolute Gasteiger partial charge is 0.353 e. The van der Waals surface area contributed by atoms with Crippen molar-refractivity contribution in [2.75, 3.05) is 6.54 Å². The Bertz CT molecular complexity index is 1050. The maximum atomic E-state index is 13.8. The van der Waals surface area contributed by atoms with E-state index in [9.17, 15) is 14.0 Å². The molecule has 1 amide bonds. The zero-order valence-corrected chi connectivity index (χ0v) is 15.2. The second-order valence-corrected chi connectivity index (χ2v) is 7.14. The lowest BCUT2D eigenvalue weighted by Gasteiger charge is -2.31. The van der Waals surface area contributed by atoms with Crippen LogP contribution in [0.2, 0.25) is 0 Å². The van der Waals surface area contributed by atoms with E-state index in [2.05, 4.69) is 4.98 Å². The number of hydrogen-bond donors (Lipinski definition) is 1. The first-order chi connectivity index (χ1) is 13.0. The summed E-state index contributed by atoms with van der Waals surface area (Å²) < 4.78 is 15.9. The average Bonchev–Trinajstić information content (AvgIpc) is 2.92. The van der Waals surface area contributed by atoms with Gasteiger partial charge in [0, 0.05) is 42.5 Å². The van der Waals surface area contributed by atoms with Crippen molar-refractivity contribution in [1.29, 1.82) is 0 Å². The molecule has 1 saturated heterocycles. The molecule has 1 aliphatic rings. The van der Waals surface area contributed by atoms with Gasteiger partial charge in [0.2, 0.25) is 5.56 Å². The average molecular weight is 367 g/mol. The quantitative estimate of drug-likeness (QED) is 0.750. The summed E-state index contributed by atoms with van der Waals surface area (Å²) in [6.45, 7) is 0.623. The first-order valence-electron chi connectivity index (χ1n) is 9.29. The molecule has 0 aliphatic carbocycles. The van der Waals surface area contributed by atoms with E-state index < -0.39 is 5.82 Å². The lowest BCUT2D eigenvalue weighted by atomic mass is 10.0. The predicted molar refractivity (Wildman–Crippen MR) is 102 cm³/mol. The summed E-state index contributed by atoms with van der Waals surface area (Å²) in [5, 5.41) is 0.439. The molecule has 3 heterocycles. The number of pyridine rings is 1. The molecule has 0 spiro atoms. The van der Waals surface area contributed by atoms with Gasteiger partial charge in [0.1, 0.15) is 5.82 Å². The van der Waals surface area contributed by atoms with Crippen molar-refractivity contribution in [2.24, 2.45) is 7.05 Å². The van der Waals surface area contributed by atoms with E-state index in [1.807, 2.05) is 34.8 Å². The second kappa shape index (κ2) is 7.02. The van der Waals surface area contributed by atoms with Gasteiger partial charge in [0.05, 0.1) is 11.6 Å². The SMILES string of the molecule is Cn1cccc1C1CCCCCN1C(=O)c1cc(=O)[nH]c2ccc(F)cc12. The monoisotopic (exact) mass is 367 g/mol. The molecule has 140 valence electrons. The number of halogens is 1. The molecule has 1 atom stereocenters. The van der Waals surface area contributed by atoms with Crippen LogP contribution in [-0.4, -0.2) is 26.9 Å². The Balaban J connectivity index is 1.82. The third-order valence-electron chi connectivity index (χ3n) is 5.37. The van der Waals surface area contributed by atoms with Crippen molar-refractivity contribution in [3.63, 3.8) is 0 Å². The molecule has 1 aliphatic heterocycles. The molecule has 1 unspecified atom stereocenters. The van der Waals surface area contributed by atoms with Crippen molar-refractivity contribution in [2.45, 2.75) is 31.7 Å². The maximum absolute atomic E-state index is 13.8. The molecule has 27 heavy (non-hydrogen) atoms. The van der Waals surface area contributed by atoms with Crippen LogP contribution < -0.4 is 5.56 Å². The molecule has 0 bridgehead atoms. The third kappa shape index (κ3) is 3.27. The number of aryl methyl sites for hydroxylation is 1. The van der Waals surface area contributed by atoms with Crippen molar-refractivity contribution in [3.05, 3.63) is 70.0 Å². The van der Waals surface area contributed by atoms with E-state index in [-0.39, 0.29) is 23.1 Å². The number of carbonyl (C=O) groups is 1. The Hall–Kier alpha value is -2.89. The normalized spacial score (nSPS) is 17.9. The fourth-order valence-electron chi connectivity index (χ4n) is 4.04. The summed E-state index contributed by atoms with van der Waals surface area (Å²) >= 11 is 0. The van der Waals surface area contributed by atoms with Crippen LogP contribution in [0.5, 0.6) is 0 Å². The summed E-state index contributed by atoms with van der Waals surface area (Å²) in [7, 11) is 1.97. The minimum absolute atomic E-state index is 0.0529. The molecule has 5 nitrogen and oxygen atoms in total. The van der Waals surface area contributed by atoms with Crippen LogP contribution >= 0.6 is 0 Å². The number of rotatable bonds is 2. The molecule has 1 aromatic carbocycles. The minimum Gasteiger partial charge on any atom is -0.353 e. The molecule has 4 rings (SSSR count). The van der Waals surface area contributed by atoms with Gasteiger partial charge in [-0.15, -0.1) is 0 Å². The lowest BCUT2D eigenvalue weighted by Crippen LogP contribution is -2.36. The number of H-pyrrole nitrogens is 1. The molecule has 0 radical (unpaired) electrons. The number of aromatic amines is 1. The summed E-state index contributed by atoms with van der Waals surface area (Å²) in [6, 6.07) is 9.34. The highest BCUT2D eigenvalue weighted by atomic mass is 19.1. The smallest absolute Gasteiger partial charge is 0.255 e. The Morgan fingerprint density at radius 3 is 2.81 bits per heavy atom. The van der Waals surface area contributed by atoms with Crippen molar-refractivity contribution < 1.29 is 9.18 Å². The highest BCUT2D eigenvalue weighted by Gasteiger charge is 2.30. The van der Waals surface area contributed by atoms with Gasteiger partial charge in [-0.1, -0.05) is 12.8 Å². The van der Waals surface area contributed by atoms with Crippen LogP contribution in [0.15, 0.2) is 47.4 Å². The molecule has 1 fully saturated rings. The van der Waals surface area contributed by atoms with Crippen molar-refractivity contribution in [3.8, 4) is 0 Å². The number of hydrogen-bond acceptors (Lipinski definition) is 2. The molecule has 3 aromatic rings. The van der Waals surface area contributed by atoms with Crippen molar-refractivity contribution in [1.82, 2.24) is 14.5 Å². The topological polar surface area (TPSA) is 58.1 Å². The number of amides is 1. The van der Waals surface area contributed by atoms with E-state index in [1.165, 1.54) is 24.3 Å². The number of aromatic nitrogens is 2. The Labute approximate surface area is 156 Å². The van der Waals surface area contributed by atoms with Gasteiger partial charge in [-0.05, 0) is 43.2 Å². The predicted octanol–water partition coefficient (Wildman–Crippen LogP) is 3.76. The molecular weight excluding hydrogens is 345 g/mol. The first-order valence-corrected chi connectivity index (χ1v) is 9.29. The lowest BCUT2D eigenvalue weighted by molar-refractivity contribution is 0.0676. The van der Waals surface area contributed by atoms with Gasteiger partial charge < -0.3 is 14.5 Å². The highest BCUT2D eigenvalue weighted by molar-refractivity contribution is 6.06. The fourth-order valence-corrected chi connectivity index (χ4v) is 4.04. The maximum Gasteiger partial charge on any atom is 0.255 e. The van der Waals surface area contributed by atoms with Crippen LogP contribution in [0.25, 0.3) is 10.9 Å². The van der Waals surface area contributed by atoms with E-state index in [0.29, 0.717) is 17.4 Å². The third-order valence-corrected chi connectivity index (χ3v) is 5.37. The number of fused-ring (bicyclic) bond motifs is 1. The van der Waals surface area contributed by atoms with Crippen LogP contribution in [0.3, 0.4) is 0 Å². The van der Waals surface area contributed by atoms with Crippen LogP contribution in [0.1, 0.15) is 47.8 Å². The van der Waals surface area contributed by atoms with Gasteiger partial charge in [0.15, 0.2) is 0 Å². The summed E-state index contributed by atoms with van der Waals surface area (Å²) in [6.07, 6.45) is 5.88. The standard InChI is InChI=1S/C21H22FN3O2/c1-24-10-5-7-18(24)19-6-3-2-4-11-25(19)21(27)16-13-20(26)23-17-9-8-14(22)12-15(16)17/h5,7-10,12-13,19H,2-4,6,11H2,1H3,(H,23,26). The Morgan fingerprint density at radius 2 is 2.04 bits per heavy atom. The van der Waals surface area contributed by atoms with Crippen LogP contribution in [0.4, 0.5) is 4.39 Å².